The Hall–Kier alpha value is -1.57. The van der Waals surface area contributed by atoms with Crippen LogP contribution in [0.4, 0.5) is 0 Å². The molecule has 19 heavy (non-hydrogen) atoms. The van der Waals surface area contributed by atoms with Gasteiger partial charge in [-0.1, -0.05) is 17.7 Å². The quantitative estimate of drug-likeness (QED) is 0.771. The van der Waals surface area contributed by atoms with Crippen molar-refractivity contribution >= 4 is 0 Å². The molecule has 0 bridgehead atoms. The molecular formula is C15H21N3O. The van der Waals surface area contributed by atoms with Gasteiger partial charge >= 0.3 is 0 Å². The first-order valence-corrected chi connectivity index (χ1v) is 6.68. The summed E-state index contributed by atoms with van der Waals surface area (Å²) < 4.78 is 5.42. The predicted molar refractivity (Wildman–Crippen MR) is 75.1 cm³/mol. The number of rotatable bonds is 4. The normalized spacial score (nSPS) is 17.1. The zero-order chi connectivity index (χ0) is 13.7. The fourth-order valence-electron chi connectivity index (χ4n) is 2.48. The van der Waals surface area contributed by atoms with Crippen LogP contribution in [-0.2, 0) is 6.54 Å². The molecule has 1 heterocycles. The molecule has 4 heteroatoms. The van der Waals surface area contributed by atoms with Gasteiger partial charge in [0.2, 0.25) is 0 Å². The minimum atomic E-state index is 0.543. The van der Waals surface area contributed by atoms with Crippen LogP contribution in [0.5, 0.6) is 5.75 Å². The summed E-state index contributed by atoms with van der Waals surface area (Å²) in [7, 11) is 1.72. The van der Waals surface area contributed by atoms with Gasteiger partial charge in [-0.15, -0.1) is 0 Å². The van der Waals surface area contributed by atoms with Crippen LogP contribution in [0.1, 0.15) is 11.1 Å². The Morgan fingerprint density at radius 3 is 2.53 bits per heavy atom. The molecule has 102 valence electrons. The van der Waals surface area contributed by atoms with Crippen LogP contribution < -0.4 is 4.74 Å². The van der Waals surface area contributed by atoms with Crippen LogP contribution in [0.2, 0.25) is 0 Å². The number of benzene rings is 1. The number of aryl methyl sites for hydroxylation is 1. The van der Waals surface area contributed by atoms with E-state index in [-0.39, 0.29) is 0 Å². The van der Waals surface area contributed by atoms with Crippen LogP contribution in [0.3, 0.4) is 0 Å². The van der Waals surface area contributed by atoms with Crippen molar-refractivity contribution in [2.75, 3.05) is 39.8 Å². The van der Waals surface area contributed by atoms with Crippen molar-refractivity contribution in [3.63, 3.8) is 0 Å². The molecule has 1 aromatic rings. The molecule has 1 aliphatic heterocycles. The Balaban J connectivity index is 1.95. The summed E-state index contributed by atoms with van der Waals surface area (Å²) >= 11 is 0. The Bertz CT molecular complexity index is 459. The number of hydrogen-bond donors (Lipinski definition) is 0. The van der Waals surface area contributed by atoms with Crippen molar-refractivity contribution < 1.29 is 4.74 Å². The largest absolute Gasteiger partial charge is 0.496 e. The van der Waals surface area contributed by atoms with Crippen LogP contribution in [0.25, 0.3) is 0 Å². The van der Waals surface area contributed by atoms with E-state index in [4.69, 9.17) is 10.00 Å². The third-order valence-electron chi connectivity index (χ3n) is 3.59. The second-order valence-electron chi connectivity index (χ2n) is 5.03. The SMILES string of the molecule is COc1ccc(C)cc1CN1CCN(CC#N)CC1. The molecule has 2 rings (SSSR count). The van der Waals surface area contributed by atoms with Gasteiger partial charge in [0.1, 0.15) is 5.75 Å². The summed E-state index contributed by atoms with van der Waals surface area (Å²) in [4.78, 5) is 4.62. The highest BCUT2D eigenvalue weighted by molar-refractivity contribution is 5.36. The lowest BCUT2D eigenvalue weighted by Crippen LogP contribution is -2.45. The van der Waals surface area contributed by atoms with E-state index in [2.05, 4.69) is 34.9 Å². The van der Waals surface area contributed by atoms with Gasteiger partial charge in [0.25, 0.3) is 0 Å². The molecule has 0 unspecified atom stereocenters. The lowest BCUT2D eigenvalue weighted by atomic mass is 10.1. The highest BCUT2D eigenvalue weighted by atomic mass is 16.5. The monoisotopic (exact) mass is 259 g/mol. The minimum absolute atomic E-state index is 0.543. The van der Waals surface area contributed by atoms with Crippen molar-refractivity contribution in [2.45, 2.75) is 13.5 Å². The summed E-state index contributed by atoms with van der Waals surface area (Å²) in [5, 5.41) is 8.70. The van der Waals surface area contributed by atoms with Crippen molar-refractivity contribution in [3.8, 4) is 11.8 Å². The van der Waals surface area contributed by atoms with Crippen molar-refractivity contribution in [1.82, 2.24) is 9.80 Å². The van der Waals surface area contributed by atoms with E-state index in [1.165, 1.54) is 11.1 Å². The van der Waals surface area contributed by atoms with E-state index in [0.717, 1.165) is 38.5 Å². The molecule has 0 atom stereocenters. The Morgan fingerprint density at radius 2 is 1.89 bits per heavy atom. The summed E-state index contributed by atoms with van der Waals surface area (Å²) in [6, 6.07) is 8.52. The summed E-state index contributed by atoms with van der Waals surface area (Å²) in [5.41, 5.74) is 2.51. The summed E-state index contributed by atoms with van der Waals surface area (Å²) in [6.07, 6.45) is 0. The Labute approximate surface area is 115 Å². The Morgan fingerprint density at radius 1 is 1.21 bits per heavy atom. The van der Waals surface area contributed by atoms with Gasteiger partial charge in [0.15, 0.2) is 0 Å². The van der Waals surface area contributed by atoms with Crippen LogP contribution in [0.15, 0.2) is 18.2 Å². The fraction of sp³-hybridized carbons (Fsp3) is 0.533. The van der Waals surface area contributed by atoms with Gasteiger partial charge in [-0.25, -0.2) is 0 Å². The third kappa shape index (κ3) is 3.69. The molecule has 1 saturated heterocycles. The molecule has 0 spiro atoms. The second kappa shape index (κ2) is 6.55. The number of piperazine rings is 1. The molecular weight excluding hydrogens is 238 g/mol. The van der Waals surface area contributed by atoms with E-state index in [9.17, 15) is 0 Å². The number of nitrogens with zero attached hydrogens (tertiary/aromatic N) is 3. The predicted octanol–water partition coefficient (Wildman–Crippen LogP) is 1.64. The molecule has 1 fully saturated rings. The first-order valence-electron chi connectivity index (χ1n) is 6.68. The molecule has 0 saturated carbocycles. The van der Waals surface area contributed by atoms with Gasteiger partial charge in [-0.3, -0.25) is 9.80 Å². The molecule has 0 amide bonds. The number of hydrogen-bond acceptors (Lipinski definition) is 4. The number of ether oxygens (including phenoxy) is 1. The van der Waals surface area contributed by atoms with Gasteiger partial charge < -0.3 is 4.74 Å². The number of nitriles is 1. The van der Waals surface area contributed by atoms with Gasteiger partial charge in [-0.2, -0.15) is 5.26 Å². The van der Waals surface area contributed by atoms with E-state index in [1.54, 1.807) is 7.11 Å². The molecule has 0 aromatic heterocycles. The first-order chi connectivity index (χ1) is 9.22. The van der Waals surface area contributed by atoms with E-state index in [1.807, 2.05) is 6.07 Å². The molecule has 4 nitrogen and oxygen atoms in total. The van der Waals surface area contributed by atoms with E-state index >= 15 is 0 Å². The van der Waals surface area contributed by atoms with Crippen molar-refractivity contribution in [2.24, 2.45) is 0 Å². The van der Waals surface area contributed by atoms with Crippen LogP contribution in [0, 0.1) is 18.3 Å². The standard InChI is InChI=1S/C15H21N3O/c1-13-3-4-15(19-2)14(11-13)12-18-9-7-17(6-5-16)8-10-18/h3-4,11H,6-10,12H2,1-2H3. The first kappa shape index (κ1) is 13.9. The van der Waals surface area contributed by atoms with Crippen molar-refractivity contribution in [3.05, 3.63) is 29.3 Å². The zero-order valence-corrected chi connectivity index (χ0v) is 11.7. The molecule has 0 aliphatic carbocycles. The van der Waals surface area contributed by atoms with E-state index < -0.39 is 0 Å². The van der Waals surface area contributed by atoms with Gasteiger partial charge in [-0.05, 0) is 13.0 Å². The maximum atomic E-state index is 8.70. The molecule has 1 aliphatic rings. The summed E-state index contributed by atoms with van der Waals surface area (Å²) in [6.45, 7) is 7.54. The van der Waals surface area contributed by atoms with Crippen molar-refractivity contribution in [1.29, 1.82) is 5.26 Å². The zero-order valence-electron chi connectivity index (χ0n) is 11.7. The van der Waals surface area contributed by atoms with Gasteiger partial charge in [0, 0.05) is 38.3 Å². The van der Waals surface area contributed by atoms with Gasteiger partial charge in [0.05, 0.1) is 19.7 Å². The summed E-state index contributed by atoms with van der Waals surface area (Å²) in [5.74, 6) is 0.963. The third-order valence-corrected chi connectivity index (χ3v) is 3.59. The topological polar surface area (TPSA) is 39.5 Å². The smallest absolute Gasteiger partial charge is 0.123 e. The lowest BCUT2D eigenvalue weighted by Gasteiger charge is -2.33. The van der Waals surface area contributed by atoms with Crippen LogP contribution in [-0.4, -0.2) is 49.6 Å². The minimum Gasteiger partial charge on any atom is -0.496 e. The number of methoxy groups -OCH3 is 1. The van der Waals surface area contributed by atoms with E-state index in [0.29, 0.717) is 6.54 Å². The highest BCUT2D eigenvalue weighted by Crippen LogP contribution is 2.21. The lowest BCUT2D eigenvalue weighted by molar-refractivity contribution is 0.137. The van der Waals surface area contributed by atoms with Crippen LogP contribution >= 0.6 is 0 Å². The molecule has 0 N–H and O–H groups in total. The average Bonchev–Trinajstić information content (AvgIpc) is 2.42. The second-order valence-corrected chi connectivity index (χ2v) is 5.03. The fourth-order valence-corrected chi connectivity index (χ4v) is 2.48. The highest BCUT2D eigenvalue weighted by Gasteiger charge is 2.17. The Kier molecular flexibility index (Phi) is 4.78. The maximum Gasteiger partial charge on any atom is 0.123 e. The molecule has 1 aromatic carbocycles. The average molecular weight is 259 g/mol. The molecule has 0 radical (unpaired) electrons. The maximum absolute atomic E-state index is 8.70.